The highest BCUT2D eigenvalue weighted by Gasteiger charge is 2.14. The Hall–Kier alpha value is -2.44. The second-order valence-electron chi connectivity index (χ2n) is 6.80. The molecule has 146 valence electrons. The molecule has 2 aromatic carbocycles. The molecular weight excluding hydrogens is 343 g/mol. The van der Waals surface area contributed by atoms with E-state index in [-0.39, 0.29) is 0 Å². The molecule has 4 N–H and O–H groups in total. The Labute approximate surface area is 160 Å². The number of anilines is 3. The minimum absolute atomic E-state index is 0.478. The largest absolute Gasteiger partial charge is 0.397 e. The number of hydrogen-bond acceptors (Lipinski definition) is 5. The molecule has 0 aliphatic carbocycles. The highest BCUT2D eigenvalue weighted by Crippen LogP contribution is 2.28. The molecule has 0 bridgehead atoms. The predicted molar refractivity (Wildman–Crippen MR) is 110 cm³/mol. The number of hydrogen-bond donors (Lipinski definition) is 2. The zero-order valence-corrected chi connectivity index (χ0v) is 16.1. The molecule has 1 saturated heterocycles. The number of rotatable bonds is 4. The normalized spacial score (nSPS) is 15.0. The molecule has 0 aromatic heterocycles. The van der Waals surface area contributed by atoms with Crippen molar-refractivity contribution in [1.29, 1.82) is 0 Å². The molecule has 27 heavy (non-hydrogen) atoms. The summed E-state index contributed by atoms with van der Waals surface area (Å²) in [5.74, 6) is 6.07. The zero-order chi connectivity index (χ0) is 19.8. The molecule has 3 rings (SSSR count). The topological polar surface area (TPSA) is 75.6 Å². The van der Waals surface area contributed by atoms with Crippen LogP contribution in [0.15, 0.2) is 42.5 Å². The number of alkyl halides is 1. The van der Waals surface area contributed by atoms with Gasteiger partial charge in [-0.2, -0.15) is 0 Å². The lowest BCUT2D eigenvalue weighted by molar-refractivity contribution is 0.112. The Morgan fingerprint density at radius 1 is 1.19 bits per heavy atom. The fourth-order valence-corrected chi connectivity index (χ4v) is 2.87. The van der Waals surface area contributed by atoms with Gasteiger partial charge in [-0.3, -0.25) is 9.80 Å². The fourth-order valence-electron chi connectivity index (χ4n) is 2.87. The van der Waals surface area contributed by atoms with Crippen LogP contribution in [0, 0.1) is 0 Å². The maximum atomic E-state index is 12.3. The van der Waals surface area contributed by atoms with E-state index in [1.807, 2.05) is 31.3 Å². The molecule has 1 heterocycles. The van der Waals surface area contributed by atoms with Crippen LogP contribution in [0.5, 0.6) is 0 Å². The van der Waals surface area contributed by atoms with Crippen molar-refractivity contribution in [2.45, 2.75) is 32.4 Å². The average molecular weight is 372 g/mol. The number of halogens is 1. The number of nitrogens with two attached hydrogens (primary N) is 2. The van der Waals surface area contributed by atoms with Gasteiger partial charge in [0.2, 0.25) is 0 Å². The Bertz CT molecular complexity index is 717. The number of nitrogens with zero attached hydrogens (tertiary/aromatic N) is 2. The van der Waals surface area contributed by atoms with Crippen molar-refractivity contribution in [2.75, 3.05) is 30.9 Å². The number of aldehydes is 1. The van der Waals surface area contributed by atoms with Crippen LogP contribution in [-0.4, -0.2) is 37.5 Å². The summed E-state index contributed by atoms with van der Waals surface area (Å²) in [6.45, 7) is 3.97. The van der Waals surface area contributed by atoms with Gasteiger partial charge in [0.05, 0.1) is 17.1 Å². The van der Waals surface area contributed by atoms with Crippen molar-refractivity contribution in [1.82, 2.24) is 4.90 Å². The van der Waals surface area contributed by atoms with Crippen molar-refractivity contribution in [3.8, 4) is 0 Å². The van der Waals surface area contributed by atoms with E-state index >= 15 is 0 Å². The molecule has 2 aromatic rings. The molecular formula is C21H29FN4O. The number of carbonyl (C=O) groups is 1. The van der Waals surface area contributed by atoms with Crippen LogP contribution in [0.2, 0.25) is 0 Å². The van der Waals surface area contributed by atoms with Gasteiger partial charge in [0, 0.05) is 18.7 Å². The first kappa shape index (κ1) is 20.9. The van der Waals surface area contributed by atoms with Crippen LogP contribution < -0.4 is 16.6 Å². The van der Waals surface area contributed by atoms with Crippen LogP contribution in [0.3, 0.4) is 0 Å². The molecule has 0 radical (unpaired) electrons. The number of benzene rings is 2. The Morgan fingerprint density at radius 3 is 2.30 bits per heavy atom. The second-order valence-corrected chi connectivity index (χ2v) is 6.80. The van der Waals surface area contributed by atoms with Gasteiger partial charge in [-0.1, -0.05) is 19.1 Å². The first-order valence-corrected chi connectivity index (χ1v) is 9.25. The molecule has 0 spiro atoms. The minimum atomic E-state index is -0.522. The van der Waals surface area contributed by atoms with E-state index in [4.69, 9.17) is 11.6 Å². The molecule has 5 nitrogen and oxygen atoms in total. The average Bonchev–Trinajstić information content (AvgIpc) is 2.70. The van der Waals surface area contributed by atoms with E-state index in [1.54, 1.807) is 18.2 Å². The smallest absolute Gasteiger partial charge is 0.150 e. The predicted octanol–water partition coefficient (Wildman–Crippen LogP) is 3.71. The van der Waals surface area contributed by atoms with Crippen molar-refractivity contribution in [2.24, 2.45) is 5.84 Å². The quantitative estimate of drug-likeness (QED) is 0.370. The van der Waals surface area contributed by atoms with Gasteiger partial charge in [-0.15, -0.1) is 0 Å². The van der Waals surface area contributed by atoms with Crippen molar-refractivity contribution >= 4 is 23.3 Å². The van der Waals surface area contributed by atoms with Gasteiger partial charge in [-0.25, -0.2) is 10.2 Å². The lowest BCUT2D eigenvalue weighted by Crippen LogP contribution is -2.30. The molecule has 0 amide bonds. The Kier molecular flexibility index (Phi) is 7.76. The summed E-state index contributed by atoms with van der Waals surface area (Å²) in [7, 11) is 2.03. The molecule has 6 heteroatoms. The van der Waals surface area contributed by atoms with Gasteiger partial charge in [0.1, 0.15) is 12.5 Å². The van der Waals surface area contributed by atoms with Crippen molar-refractivity contribution < 1.29 is 9.18 Å². The van der Waals surface area contributed by atoms with E-state index in [1.165, 1.54) is 10.6 Å². The highest BCUT2D eigenvalue weighted by molar-refractivity contribution is 5.82. The van der Waals surface area contributed by atoms with Crippen LogP contribution in [0.4, 0.5) is 21.5 Å². The second kappa shape index (κ2) is 10.0. The number of aryl methyl sites for hydroxylation is 1. The van der Waals surface area contributed by atoms with E-state index in [0.29, 0.717) is 16.9 Å². The molecule has 1 aliphatic heterocycles. The van der Waals surface area contributed by atoms with Crippen LogP contribution in [0.1, 0.15) is 35.7 Å². The molecule has 1 fully saturated rings. The minimum Gasteiger partial charge on any atom is -0.397 e. The SMILES string of the molecule is CCc1ccc(N(N)c2ccc(C=O)cc2N)cc1.CN1CCC(F)CC1. The third-order valence-electron chi connectivity index (χ3n) is 4.72. The van der Waals surface area contributed by atoms with Gasteiger partial charge < -0.3 is 10.6 Å². The summed E-state index contributed by atoms with van der Waals surface area (Å²) in [5.41, 5.74) is 9.70. The van der Waals surface area contributed by atoms with Gasteiger partial charge >= 0.3 is 0 Å². The van der Waals surface area contributed by atoms with Crippen LogP contribution >= 0.6 is 0 Å². The van der Waals surface area contributed by atoms with Gasteiger partial charge in [-0.05, 0) is 62.2 Å². The molecule has 0 saturated carbocycles. The number of hydrazine groups is 1. The standard InChI is InChI=1S/C15H17N3O.C6H12FN/c1-2-11-3-6-13(7-4-11)18(17)15-8-5-12(10-19)9-14(15)16;1-8-4-2-6(7)3-5-8/h3-10H,2,16-17H2,1H3;6H,2-5H2,1H3. The van der Waals surface area contributed by atoms with E-state index < -0.39 is 6.17 Å². The molecule has 1 aliphatic rings. The van der Waals surface area contributed by atoms with Crippen molar-refractivity contribution in [3.05, 3.63) is 53.6 Å². The zero-order valence-electron chi connectivity index (χ0n) is 16.1. The van der Waals surface area contributed by atoms with Crippen LogP contribution in [0.25, 0.3) is 0 Å². The first-order chi connectivity index (χ1) is 12.9. The lowest BCUT2D eigenvalue weighted by atomic mass is 10.1. The number of piperidine rings is 1. The van der Waals surface area contributed by atoms with Gasteiger partial charge in [0.15, 0.2) is 0 Å². The van der Waals surface area contributed by atoms with E-state index in [0.717, 1.165) is 44.3 Å². The number of nitrogen functional groups attached to an aromatic ring is 1. The van der Waals surface area contributed by atoms with Crippen LogP contribution in [-0.2, 0) is 6.42 Å². The Balaban J connectivity index is 0.000000273. The lowest BCUT2D eigenvalue weighted by Gasteiger charge is -2.23. The summed E-state index contributed by atoms with van der Waals surface area (Å²) in [4.78, 5) is 12.8. The third kappa shape index (κ3) is 6.05. The first-order valence-electron chi connectivity index (χ1n) is 9.25. The summed E-state index contributed by atoms with van der Waals surface area (Å²) in [6.07, 6.45) is 2.69. The van der Waals surface area contributed by atoms with E-state index in [9.17, 15) is 9.18 Å². The third-order valence-corrected chi connectivity index (χ3v) is 4.72. The monoisotopic (exact) mass is 372 g/mol. The molecule has 0 unspecified atom stereocenters. The number of likely N-dealkylation sites (tertiary alicyclic amines) is 1. The summed E-state index contributed by atoms with van der Waals surface area (Å²) in [6, 6.07) is 13.0. The Morgan fingerprint density at radius 2 is 1.81 bits per heavy atom. The van der Waals surface area contributed by atoms with Gasteiger partial charge in [0.25, 0.3) is 0 Å². The summed E-state index contributed by atoms with van der Waals surface area (Å²) >= 11 is 0. The summed E-state index contributed by atoms with van der Waals surface area (Å²) in [5, 5.41) is 1.52. The fraction of sp³-hybridized carbons (Fsp3) is 0.381. The van der Waals surface area contributed by atoms with Crippen molar-refractivity contribution in [3.63, 3.8) is 0 Å². The number of carbonyl (C=O) groups excluding carboxylic acids is 1. The molecule has 0 atom stereocenters. The summed E-state index contributed by atoms with van der Waals surface area (Å²) < 4.78 is 12.3. The highest BCUT2D eigenvalue weighted by atomic mass is 19.1. The van der Waals surface area contributed by atoms with E-state index in [2.05, 4.69) is 11.8 Å². The maximum Gasteiger partial charge on any atom is 0.150 e. The maximum absolute atomic E-state index is 12.3.